The van der Waals surface area contributed by atoms with Crippen molar-refractivity contribution < 1.29 is 22.7 Å². The Labute approximate surface area is 200 Å². The molecular weight excluding hydrogens is 452 g/mol. The van der Waals surface area contributed by atoms with Crippen molar-refractivity contribution >= 4 is 32.8 Å². The van der Waals surface area contributed by atoms with Gasteiger partial charge in [0.25, 0.3) is 0 Å². The number of sulfonamides is 1. The van der Waals surface area contributed by atoms with Crippen LogP contribution in [-0.2, 0) is 19.6 Å². The monoisotopic (exact) mass is 480 g/mol. The molecule has 4 rings (SSSR count). The number of piperazine rings is 1. The van der Waals surface area contributed by atoms with E-state index < -0.39 is 16.0 Å². The lowest BCUT2D eigenvalue weighted by Gasteiger charge is -2.33. The van der Waals surface area contributed by atoms with E-state index >= 15 is 0 Å². The first-order valence-corrected chi connectivity index (χ1v) is 12.6. The molecule has 7 nitrogen and oxygen atoms in total. The van der Waals surface area contributed by atoms with Gasteiger partial charge < -0.3 is 9.47 Å². The third kappa shape index (κ3) is 5.83. The van der Waals surface area contributed by atoms with Crippen molar-refractivity contribution in [2.24, 2.45) is 0 Å². The van der Waals surface area contributed by atoms with Gasteiger partial charge in [-0.05, 0) is 46.7 Å². The van der Waals surface area contributed by atoms with E-state index in [0.717, 1.165) is 17.7 Å². The maximum atomic E-state index is 13.1. The van der Waals surface area contributed by atoms with Crippen molar-refractivity contribution in [3.05, 3.63) is 78.4 Å². The second-order valence-electron chi connectivity index (χ2n) is 8.03. The van der Waals surface area contributed by atoms with Crippen LogP contribution in [0, 0.1) is 0 Å². The Balaban J connectivity index is 1.29. The summed E-state index contributed by atoms with van der Waals surface area (Å²) in [6.45, 7) is 3.39. The van der Waals surface area contributed by atoms with Crippen molar-refractivity contribution in [2.75, 3.05) is 46.4 Å². The summed E-state index contributed by atoms with van der Waals surface area (Å²) in [4.78, 5) is 13.7. The third-order valence-electron chi connectivity index (χ3n) is 5.84. The average Bonchev–Trinajstić information content (AvgIpc) is 2.87. The second-order valence-corrected chi connectivity index (χ2v) is 9.97. The predicted molar refractivity (Wildman–Crippen MR) is 132 cm³/mol. The van der Waals surface area contributed by atoms with Gasteiger partial charge in [0.15, 0.2) is 0 Å². The topological polar surface area (TPSA) is 76.2 Å². The molecule has 1 aliphatic heterocycles. The number of hydrogen-bond donors (Lipinski definition) is 0. The van der Waals surface area contributed by atoms with Crippen molar-refractivity contribution in [3.8, 4) is 5.75 Å². The molecule has 0 amide bonds. The Morgan fingerprint density at radius 2 is 1.71 bits per heavy atom. The lowest BCUT2D eigenvalue weighted by Crippen LogP contribution is -2.49. The van der Waals surface area contributed by atoms with Crippen LogP contribution in [0.5, 0.6) is 5.75 Å². The lowest BCUT2D eigenvalue weighted by molar-refractivity contribution is -0.134. The molecule has 178 valence electrons. The zero-order valence-electron chi connectivity index (χ0n) is 19.1. The first-order chi connectivity index (χ1) is 16.5. The number of rotatable bonds is 8. The molecule has 0 spiro atoms. The number of nitrogens with zero attached hydrogens (tertiary/aromatic N) is 2. The first kappa shape index (κ1) is 23.9. The van der Waals surface area contributed by atoms with Crippen LogP contribution in [0.3, 0.4) is 0 Å². The maximum absolute atomic E-state index is 13.1. The highest BCUT2D eigenvalue weighted by atomic mass is 32.2. The molecule has 0 unspecified atom stereocenters. The quantitative estimate of drug-likeness (QED) is 0.363. The second kappa shape index (κ2) is 10.8. The van der Waals surface area contributed by atoms with E-state index in [1.54, 1.807) is 30.3 Å². The third-order valence-corrected chi connectivity index (χ3v) is 7.73. The highest BCUT2D eigenvalue weighted by Crippen LogP contribution is 2.21. The largest absolute Gasteiger partial charge is 0.492 e. The summed E-state index contributed by atoms with van der Waals surface area (Å²) < 4.78 is 38.2. The molecule has 3 aromatic carbocycles. The van der Waals surface area contributed by atoms with Gasteiger partial charge in [0.2, 0.25) is 10.0 Å². The Kier molecular flexibility index (Phi) is 7.62. The summed E-state index contributed by atoms with van der Waals surface area (Å²) in [6.07, 6.45) is 2.81. The van der Waals surface area contributed by atoms with Crippen LogP contribution in [0.2, 0.25) is 0 Å². The van der Waals surface area contributed by atoms with Crippen LogP contribution in [0.25, 0.3) is 16.8 Å². The number of carbonyl (C=O) groups is 1. The normalized spacial score (nSPS) is 15.6. The molecule has 0 bridgehead atoms. The predicted octanol–water partition coefficient (Wildman–Crippen LogP) is 3.41. The summed E-state index contributed by atoms with van der Waals surface area (Å²) in [5.74, 6) is 0.343. The van der Waals surface area contributed by atoms with E-state index in [9.17, 15) is 13.2 Å². The number of esters is 1. The first-order valence-electron chi connectivity index (χ1n) is 11.2. The van der Waals surface area contributed by atoms with Gasteiger partial charge >= 0.3 is 5.97 Å². The molecule has 0 atom stereocenters. The summed E-state index contributed by atoms with van der Waals surface area (Å²) in [6, 6.07) is 20.8. The van der Waals surface area contributed by atoms with Gasteiger partial charge in [-0.2, -0.15) is 4.31 Å². The number of ether oxygens (including phenoxy) is 2. The molecule has 0 N–H and O–H groups in total. The van der Waals surface area contributed by atoms with Gasteiger partial charge in [0, 0.05) is 38.8 Å². The molecule has 1 fully saturated rings. The zero-order chi connectivity index (χ0) is 24.0. The molecule has 3 aromatic rings. The number of hydrogen-bond acceptors (Lipinski definition) is 6. The van der Waals surface area contributed by atoms with Gasteiger partial charge in [-0.15, -0.1) is 0 Å². The minimum atomic E-state index is -3.61. The Morgan fingerprint density at radius 1 is 0.941 bits per heavy atom. The molecule has 8 heteroatoms. The van der Waals surface area contributed by atoms with Gasteiger partial charge in [-0.1, -0.05) is 42.5 Å². The van der Waals surface area contributed by atoms with E-state index in [-0.39, 0.29) is 4.90 Å². The molecule has 1 heterocycles. The SMILES string of the molecule is COC(=O)C=Cc1cccc(S(=O)(=O)N2CCN(CCOc3ccc4ccccc4c3)CC2)c1. The van der Waals surface area contributed by atoms with Gasteiger partial charge in [-0.25, -0.2) is 13.2 Å². The zero-order valence-corrected chi connectivity index (χ0v) is 19.9. The highest BCUT2D eigenvalue weighted by molar-refractivity contribution is 7.89. The number of methoxy groups -OCH3 is 1. The molecular formula is C26H28N2O5S. The van der Waals surface area contributed by atoms with Crippen molar-refractivity contribution in [3.63, 3.8) is 0 Å². The van der Waals surface area contributed by atoms with E-state index in [4.69, 9.17) is 4.74 Å². The van der Waals surface area contributed by atoms with Crippen LogP contribution in [0.15, 0.2) is 77.7 Å². The van der Waals surface area contributed by atoms with Crippen LogP contribution < -0.4 is 4.74 Å². The molecule has 0 radical (unpaired) electrons. The molecule has 0 aromatic heterocycles. The van der Waals surface area contributed by atoms with E-state index in [1.807, 2.05) is 24.3 Å². The van der Waals surface area contributed by atoms with Gasteiger partial charge in [0.1, 0.15) is 12.4 Å². The number of carbonyl (C=O) groups excluding carboxylic acids is 1. The standard InChI is InChI=1S/C26H28N2O5S/c1-32-26(29)12-9-21-5-4-8-25(19-21)34(30,31)28-15-13-27(14-16-28)17-18-33-24-11-10-22-6-2-3-7-23(22)20-24/h2-12,19-20H,13-18H2,1H3. The van der Waals surface area contributed by atoms with Crippen molar-refractivity contribution in [2.45, 2.75) is 4.90 Å². The molecule has 0 aliphatic carbocycles. The average molecular weight is 481 g/mol. The summed E-state index contributed by atoms with van der Waals surface area (Å²) in [5, 5.41) is 2.32. The summed E-state index contributed by atoms with van der Waals surface area (Å²) in [7, 11) is -2.32. The van der Waals surface area contributed by atoms with Gasteiger partial charge in [-0.3, -0.25) is 4.90 Å². The van der Waals surface area contributed by atoms with E-state index in [0.29, 0.717) is 38.3 Å². The lowest BCUT2D eigenvalue weighted by atomic mass is 10.1. The van der Waals surface area contributed by atoms with Crippen LogP contribution in [-0.4, -0.2) is 70.0 Å². The molecule has 1 aliphatic rings. The van der Waals surface area contributed by atoms with Crippen molar-refractivity contribution in [1.82, 2.24) is 9.21 Å². The Hall–Kier alpha value is -3.20. The van der Waals surface area contributed by atoms with Crippen molar-refractivity contribution in [1.29, 1.82) is 0 Å². The van der Waals surface area contributed by atoms with Gasteiger partial charge in [0.05, 0.1) is 12.0 Å². The number of benzene rings is 3. The summed E-state index contributed by atoms with van der Waals surface area (Å²) in [5.41, 5.74) is 0.621. The Morgan fingerprint density at radius 3 is 2.47 bits per heavy atom. The fourth-order valence-electron chi connectivity index (χ4n) is 3.90. The molecule has 34 heavy (non-hydrogen) atoms. The fraction of sp³-hybridized carbons (Fsp3) is 0.269. The minimum Gasteiger partial charge on any atom is -0.492 e. The maximum Gasteiger partial charge on any atom is 0.330 e. The smallest absolute Gasteiger partial charge is 0.330 e. The van der Waals surface area contributed by atoms with Crippen LogP contribution >= 0.6 is 0 Å². The van der Waals surface area contributed by atoms with Crippen LogP contribution in [0.4, 0.5) is 0 Å². The Bertz CT molecular complexity index is 1280. The molecule has 1 saturated heterocycles. The molecule has 0 saturated carbocycles. The van der Waals surface area contributed by atoms with Crippen LogP contribution in [0.1, 0.15) is 5.56 Å². The number of fused-ring (bicyclic) bond motifs is 1. The van der Waals surface area contributed by atoms with E-state index in [1.165, 1.54) is 22.9 Å². The minimum absolute atomic E-state index is 0.215. The van der Waals surface area contributed by atoms with E-state index in [2.05, 4.69) is 27.8 Å². The fourth-order valence-corrected chi connectivity index (χ4v) is 5.38. The summed E-state index contributed by atoms with van der Waals surface area (Å²) >= 11 is 0. The highest BCUT2D eigenvalue weighted by Gasteiger charge is 2.28.